The second kappa shape index (κ2) is 8.92. The summed E-state index contributed by atoms with van der Waals surface area (Å²) in [6.45, 7) is 7.15. The summed E-state index contributed by atoms with van der Waals surface area (Å²) in [5, 5.41) is 0. The highest BCUT2D eigenvalue weighted by molar-refractivity contribution is 5.73. The number of carbonyl (C=O) groups is 1. The Morgan fingerprint density at radius 3 is 2.07 bits per heavy atom. The third kappa shape index (κ3) is 4.81. The zero-order chi connectivity index (χ0) is 19.2. The molecule has 1 aliphatic heterocycles. The van der Waals surface area contributed by atoms with Gasteiger partial charge in [0, 0.05) is 44.6 Å². The molecule has 0 bridgehead atoms. The van der Waals surface area contributed by atoms with Crippen LogP contribution in [0.1, 0.15) is 35.4 Å². The summed E-state index contributed by atoms with van der Waals surface area (Å²) in [4.78, 5) is 25.1. The third-order valence-electron chi connectivity index (χ3n) is 5.33. The Morgan fingerprint density at radius 2 is 1.63 bits per heavy atom. The molecule has 0 saturated carbocycles. The Morgan fingerprint density at radius 1 is 1.11 bits per heavy atom. The van der Waals surface area contributed by atoms with Gasteiger partial charge < -0.3 is 4.90 Å². The van der Waals surface area contributed by atoms with Gasteiger partial charge in [0.25, 0.3) is 0 Å². The molecule has 0 unspecified atom stereocenters. The molecule has 0 atom stereocenters. The zero-order valence-corrected chi connectivity index (χ0v) is 16.1. The first-order chi connectivity index (χ1) is 13.1. The number of aryl methyl sites for hydroxylation is 2. The van der Waals surface area contributed by atoms with E-state index in [4.69, 9.17) is 5.84 Å². The molecule has 0 radical (unpaired) electrons. The number of hydrazine groups is 1. The van der Waals surface area contributed by atoms with Gasteiger partial charge in [0.2, 0.25) is 0 Å². The van der Waals surface area contributed by atoms with Gasteiger partial charge in [-0.25, -0.2) is 10.6 Å². The molecule has 1 fully saturated rings. The number of nitrogens with two attached hydrogens (primary N) is 1. The van der Waals surface area contributed by atoms with Gasteiger partial charge in [-0.15, -0.1) is 0 Å². The minimum atomic E-state index is -0.207. The molecule has 0 aliphatic carbocycles. The first-order valence-corrected chi connectivity index (χ1v) is 9.39. The minimum Gasteiger partial charge on any atom is -0.324 e. The van der Waals surface area contributed by atoms with Crippen molar-refractivity contribution in [2.75, 3.05) is 13.1 Å². The number of hydrogen-bond donors (Lipinski definition) is 2. The summed E-state index contributed by atoms with van der Waals surface area (Å²) in [5.74, 6) is 5.27. The minimum absolute atomic E-state index is 0.207. The van der Waals surface area contributed by atoms with Crippen molar-refractivity contribution < 1.29 is 4.79 Å². The molecule has 144 valence electrons. The summed E-state index contributed by atoms with van der Waals surface area (Å²) in [6.07, 6.45) is 5.51. The third-order valence-corrected chi connectivity index (χ3v) is 5.33. The van der Waals surface area contributed by atoms with Crippen LogP contribution in [0.2, 0.25) is 0 Å². The van der Waals surface area contributed by atoms with Gasteiger partial charge in [-0.1, -0.05) is 12.1 Å². The average molecular weight is 368 g/mol. The summed E-state index contributed by atoms with van der Waals surface area (Å²) >= 11 is 0. The van der Waals surface area contributed by atoms with Crippen molar-refractivity contribution >= 4 is 6.03 Å². The molecule has 0 spiro atoms. The van der Waals surface area contributed by atoms with Crippen LogP contribution in [0.15, 0.2) is 36.7 Å². The number of hydrogen-bond acceptors (Lipinski definition) is 5. The molecule has 3 rings (SSSR count). The van der Waals surface area contributed by atoms with Gasteiger partial charge in [0.1, 0.15) is 0 Å². The molecule has 1 aliphatic rings. The molecule has 7 nitrogen and oxygen atoms in total. The number of piperidine rings is 1. The number of urea groups is 1. The normalized spacial score (nSPS) is 15.2. The summed E-state index contributed by atoms with van der Waals surface area (Å²) in [6, 6.07) is 8.30. The van der Waals surface area contributed by atoms with Crippen molar-refractivity contribution in [2.45, 2.75) is 45.8 Å². The number of likely N-dealkylation sites (tertiary alicyclic amines) is 1. The van der Waals surface area contributed by atoms with E-state index in [0.717, 1.165) is 37.3 Å². The second-order valence-electron chi connectivity index (χ2n) is 7.11. The Hall–Kier alpha value is -2.51. The number of nitrogens with zero attached hydrogens (tertiary/aromatic N) is 4. The van der Waals surface area contributed by atoms with E-state index >= 15 is 0 Å². The van der Waals surface area contributed by atoms with Crippen LogP contribution in [-0.2, 0) is 13.1 Å². The highest BCUT2D eigenvalue weighted by Crippen LogP contribution is 2.22. The van der Waals surface area contributed by atoms with E-state index in [1.807, 2.05) is 24.5 Å². The van der Waals surface area contributed by atoms with Gasteiger partial charge in [0.05, 0.1) is 11.4 Å². The first-order valence-electron chi connectivity index (χ1n) is 9.39. The van der Waals surface area contributed by atoms with Crippen molar-refractivity contribution in [1.82, 2.24) is 25.2 Å². The molecule has 3 N–H and O–H groups in total. The standard InChI is InChI=1S/C20H28N6O/c1-15-5-3-9-22-18(15)13-26(14-19-16(2)6-4-10-23-19)17-7-11-25(12-8-17)20(27)24-21/h3-6,9-10,17H,7-8,11-14,21H2,1-2H3,(H,24,27). The lowest BCUT2D eigenvalue weighted by Gasteiger charge is -2.38. The highest BCUT2D eigenvalue weighted by Gasteiger charge is 2.27. The Labute approximate surface area is 160 Å². The van der Waals surface area contributed by atoms with E-state index in [0.29, 0.717) is 19.1 Å². The number of rotatable bonds is 5. The van der Waals surface area contributed by atoms with Crippen LogP contribution in [0.4, 0.5) is 4.79 Å². The van der Waals surface area contributed by atoms with E-state index in [1.165, 1.54) is 11.1 Å². The summed E-state index contributed by atoms with van der Waals surface area (Å²) in [7, 11) is 0. The topological polar surface area (TPSA) is 87.4 Å². The predicted octanol–water partition coefficient (Wildman–Crippen LogP) is 2.14. The lowest BCUT2D eigenvalue weighted by atomic mass is 10.0. The lowest BCUT2D eigenvalue weighted by Crippen LogP contribution is -2.50. The maximum atomic E-state index is 11.8. The maximum Gasteiger partial charge on any atom is 0.331 e. The molecule has 7 heteroatoms. The van der Waals surface area contributed by atoms with Crippen molar-refractivity contribution in [1.29, 1.82) is 0 Å². The van der Waals surface area contributed by atoms with Crippen LogP contribution < -0.4 is 11.3 Å². The summed E-state index contributed by atoms with van der Waals surface area (Å²) < 4.78 is 0. The number of carbonyl (C=O) groups excluding carboxylic acids is 1. The van der Waals surface area contributed by atoms with Crippen LogP contribution in [0.5, 0.6) is 0 Å². The molecule has 2 aromatic heterocycles. The van der Waals surface area contributed by atoms with E-state index in [9.17, 15) is 4.79 Å². The number of amides is 2. The highest BCUT2D eigenvalue weighted by atomic mass is 16.2. The number of pyridine rings is 2. The van der Waals surface area contributed by atoms with Gasteiger partial charge in [0.15, 0.2) is 0 Å². The molecular weight excluding hydrogens is 340 g/mol. The van der Waals surface area contributed by atoms with Gasteiger partial charge >= 0.3 is 6.03 Å². The fraction of sp³-hybridized carbons (Fsp3) is 0.450. The fourth-order valence-corrected chi connectivity index (χ4v) is 3.59. The average Bonchev–Trinajstić information content (AvgIpc) is 2.70. The lowest BCUT2D eigenvalue weighted by molar-refractivity contribution is 0.103. The number of aromatic nitrogens is 2. The Kier molecular flexibility index (Phi) is 6.36. The number of nitrogens with one attached hydrogen (secondary N) is 1. The largest absolute Gasteiger partial charge is 0.331 e. The molecule has 1 saturated heterocycles. The van der Waals surface area contributed by atoms with Gasteiger partial charge in [-0.3, -0.25) is 20.3 Å². The fourth-order valence-electron chi connectivity index (χ4n) is 3.59. The van der Waals surface area contributed by atoms with Crippen molar-refractivity contribution in [3.05, 3.63) is 59.2 Å². The second-order valence-corrected chi connectivity index (χ2v) is 7.11. The molecule has 2 aromatic rings. The van der Waals surface area contributed by atoms with E-state index < -0.39 is 0 Å². The predicted molar refractivity (Wildman–Crippen MR) is 105 cm³/mol. The Bertz CT molecular complexity index is 725. The van der Waals surface area contributed by atoms with Gasteiger partial charge in [-0.05, 0) is 49.9 Å². The quantitative estimate of drug-likeness (QED) is 0.480. The molecule has 0 aromatic carbocycles. The van der Waals surface area contributed by atoms with E-state index in [-0.39, 0.29) is 6.03 Å². The van der Waals surface area contributed by atoms with Crippen molar-refractivity contribution in [3.8, 4) is 0 Å². The van der Waals surface area contributed by atoms with Crippen LogP contribution in [0, 0.1) is 13.8 Å². The molecule has 27 heavy (non-hydrogen) atoms. The van der Waals surface area contributed by atoms with Gasteiger partial charge in [-0.2, -0.15) is 0 Å². The van der Waals surface area contributed by atoms with E-state index in [1.54, 1.807) is 4.90 Å². The van der Waals surface area contributed by atoms with Crippen LogP contribution in [-0.4, -0.2) is 44.9 Å². The Balaban J connectivity index is 1.77. The monoisotopic (exact) mass is 368 g/mol. The van der Waals surface area contributed by atoms with Crippen molar-refractivity contribution in [3.63, 3.8) is 0 Å². The molecular formula is C20H28N6O. The zero-order valence-electron chi connectivity index (χ0n) is 16.1. The molecule has 3 heterocycles. The van der Waals surface area contributed by atoms with E-state index in [2.05, 4.69) is 46.3 Å². The SMILES string of the molecule is Cc1cccnc1CN(Cc1ncccc1C)C1CCN(C(=O)NN)CC1. The van der Waals surface area contributed by atoms with Crippen LogP contribution in [0.25, 0.3) is 0 Å². The maximum absolute atomic E-state index is 11.8. The molecule has 2 amide bonds. The van der Waals surface area contributed by atoms with Crippen molar-refractivity contribution in [2.24, 2.45) is 5.84 Å². The van der Waals surface area contributed by atoms with Crippen LogP contribution in [0.3, 0.4) is 0 Å². The van der Waals surface area contributed by atoms with Crippen LogP contribution >= 0.6 is 0 Å². The first kappa shape index (κ1) is 19.3. The summed E-state index contributed by atoms with van der Waals surface area (Å²) in [5.41, 5.74) is 6.80. The smallest absolute Gasteiger partial charge is 0.324 e.